The van der Waals surface area contributed by atoms with E-state index in [1.54, 1.807) is 11.2 Å². The lowest BCUT2D eigenvalue weighted by Gasteiger charge is -2.36. The Morgan fingerprint density at radius 3 is 2.48 bits per heavy atom. The van der Waals surface area contributed by atoms with Gasteiger partial charge in [0.05, 0.1) is 12.4 Å². The molecule has 0 atom stereocenters. The first kappa shape index (κ1) is 21.6. The van der Waals surface area contributed by atoms with Gasteiger partial charge in [0.1, 0.15) is 5.60 Å². The molecule has 10 nitrogen and oxygen atoms in total. The van der Waals surface area contributed by atoms with E-state index < -0.39 is 5.60 Å². The molecule has 2 aliphatic heterocycles. The number of likely N-dealkylation sites (tertiary alicyclic amines) is 1. The maximum Gasteiger partial charge on any atom is 0.410 e. The average molecular weight is 432 g/mol. The molecule has 0 aromatic carbocycles. The largest absolute Gasteiger partial charge is 0.444 e. The molecule has 0 unspecified atom stereocenters. The maximum absolute atomic E-state index is 12.3. The second-order valence-corrected chi connectivity index (χ2v) is 9.73. The number of fused-ring (bicyclic) bond motifs is 1. The first-order valence-electron chi connectivity index (χ1n) is 11.0. The van der Waals surface area contributed by atoms with Crippen molar-refractivity contribution in [3.05, 3.63) is 6.33 Å². The van der Waals surface area contributed by atoms with Crippen LogP contribution in [-0.4, -0.2) is 79.5 Å². The Balaban J connectivity index is 1.50. The number of carbonyl (C=O) groups is 1. The quantitative estimate of drug-likeness (QED) is 0.760. The first-order valence-corrected chi connectivity index (χ1v) is 11.0. The average Bonchev–Trinajstić information content (AvgIpc) is 3.09. The van der Waals surface area contributed by atoms with E-state index in [0.29, 0.717) is 37.9 Å². The van der Waals surface area contributed by atoms with E-state index in [2.05, 4.69) is 24.1 Å². The molecular formula is C21H33N7O3. The summed E-state index contributed by atoms with van der Waals surface area (Å²) in [5.41, 5.74) is 1.04. The monoisotopic (exact) mass is 431 g/mol. The fourth-order valence-corrected chi connectivity index (χ4v) is 3.87. The number of aliphatic hydroxyl groups is 1. The number of hydrogen-bond acceptors (Lipinski definition) is 8. The number of ether oxygens (including phenoxy) is 1. The zero-order valence-electron chi connectivity index (χ0n) is 19.0. The van der Waals surface area contributed by atoms with Crippen LogP contribution in [0.1, 0.15) is 53.5 Å². The predicted octanol–water partition coefficient (Wildman–Crippen LogP) is 2.40. The molecule has 170 valence electrons. The van der Waals surface area contributed by atoms with Crippen LogP contribution in [0.25, 0.3) is 11.2 Å². The third-order valence-electron chi connectivity index (χ3n) is 5.60. The molecule has 0 saturated carbocycles. The van der Waals surface area contributed by atoms with Gasteiger partial charge in [-0.05, 0) is 47.5 Å². The molecule has 2 fully saturated rings. The minimum absolute atomic E-state index is 0.177. The third kappa shape index (κ3) is 4.68. The summed E-state index contributed by atoms with van der Waals surface area (Å²) in [6.07, 6.45) is 2.81. The minimum atomic E-state index is -0.491. The molecule has 4 heterocycles. The van der Waals surface area contributed by atoms with E-state index in [1.165, 1.54) is 0 Å². The van der Waals surface area contributed by atoms with Gasteiger partial charge in [0.15, 0.2) is 17.0 Å². The van der Waals surface area contributed by atoms with Crippen LogP contribution in [0.2, 0.25) is 0 Å². The SMILES string of the molecule is CC(C)n1cnc2c(NC3CCN(C(=O)OC(C)(C)C)CC3)nc(N3CC(O)C3)nc21. The van der Waals surface area contributed by atoms with E-state index in [0.717, 1.165) is 24.0 Å². The van der Waals surface area contributed by atoms with Crippen LogP contribution in [0.5, 0.6) is 0 Å². The van der Waals surface area contributed by atoms with Crippen molar-refractivity contribution in [1.29, 1.82) is 0 Å². The molecular weight excluding hydrogens is 398 g/mol. The van der Waals surface area contributed by atoms with Gasteiger partial charge in [-0.15, -0.1) is 0 Å². The van der Waals surface area contributed by atoms with Crippen LogP contribution in [-0.2, 0) is 4.74 Å². The summed E-state index contributed by atoms with van der Waals surface area (Å²) < 4.78 is 7.53. The molecule has 0 radical (unpaired) electrons. The Bertz CT molecular complexity index is 938. The lowest BCUT2D eigenvalue weighted by atomic mass is 10.1. The van der Waals surface area contributed by atoms with E-state index in [1.807, 2.05) is 30.2 Å². The summed E-state index contributed by atoms with van der Waals surface area (Å²) in [7, 11) is 0. The molecule has 2 aromatic heterocycles. The summed E-state index contributed by atoms with van der Waals surface area (Å²) >= 11 is 0. The van der Waals surface area contributed by atoms with Crippen LogP contribution < -0.4 is 10.2 Å². The Morgan fingerprint density at radius 2 is 1.90 bits per heavy atom. The third-order valence-corrected chi connectivity index (χ3v) is 5.60. The van der Waals surface area contributed by atoms with E-state index >= 15 is 0 Å². The molecule has 0 spiro atoms. The lowest BCUT2D eigenvalue weighted by molar-refractivity contribution is 0.0210. The fraction of sp³-hybridized carbons (Fsp3) is 0.714. The highest BCUT2D eigenvalue weighted by atomic mass is 16.6. The number of nitrogens with zero attached hydrogens (tertiary/aromatic N) is 6. The molecule has 2 N–H and O–H groups in total. The van der Waals surface area contributed by atoms with Gasteiger partial charge >= 0.3 is 6.09 Å². The molecule has 0 bridgehead atoms. The van der Waals surface area contributed by atoms with Gasteiger partial charge in [0, 0.05) is 38.3 Å². The van der Waals surface area contributed by atoms with E-state index in [4.69, 9.17) is 14.7 Å². The number of carbonyl (C=O) groups excluding carboxylic acids is 1. The maximum atomic E-state index is 12.3. The minimum Gasteiger partial charge on any atom is -0.444 e. The van der Waals surface area contributed by atoms with E-state index in [9.17, 15) is 9.90 Å². The van der Waals surface area contributed by atoms with Crippen molar-refractivity contribution in [3.63, 3.8) is 0 Å². The zero-order chi connectivity index (χ0) is 22.3. The summed E-state index contributed by atoms with van der Waals surface area (Å²) in [4.78, 5) is 30.1. The number of β-amino-alcohol motifs (C(OH)–C–C–N with tert-alkyl or cyclic N) is 1. The van der Waals surface area contributed by atoms with Crippen molar-refractivity contribution >= 4 is 29.0 Å². The first-order chi connectivity index (χ1) is 14.6. The van der Waals surface area contributed by atoms with Gasteiger partial charge in [-0.3, -0.25) is 0 Å². The molecule has 2 aromatic rings. The molecule has 31 heavy (non-hydrogen) atoms. The number of amides is 1. The normalized spacial score (nSPS) is 18.5. The Labute approximate surface area is 182 Å². The number of piperidine rings is 1. The number of imidazole rings is 1. The number of rotatable bonds is 4. The molecule has 0 aliphatic carbocycles. The fourth-order valence-electron chi connectivity index (χ4n) is 3.87. The molecule has 10 heteroatoms. The van der Waals surface area contributed by atoms with E-state index in [-0.39, 0.29) is 24.3 Å². The van der Waals surface area contributed by atoms with Crippen molar-refractivity contribution in [3.8, 4) is 0 Å². The van der Waals surface area contributed by atoms with Gasteiger partial charge in [-0.2, -0.15) is 9.97 Å². The predicted molar refractivity (Wildman–Crippen MR) is 118 cm³/mol. The lowest BCUT2D eigenvalue weighted by Crippen LogP contribution is -2.51. The van der Waals surface area contributed by atoms with Gasteiger partial charge in [0.2, 0.25) is 5.95 Å². The summed E-state index contributed by atoms with van der Waals surface area (Å²) in [6, 6.07) is 0.399. The summed E-state index contributed by atoms with van der Waals surface area (Å²) in [5, 5.41) is 13.2. The van der Waals surface area contributed by atoms with Crippen molar-refractivity contribution in [2.75, 3.05) is 36.4 Å². The van der Waals surface area contributed by atoms with Crippen molar-refractivity contribution in [1.82, 2.24) is 24.4 Å². The highest BCUT2D eigenvalue weighted by Crippen LogP contribution is 2.28. The molecule has 4 rings (SSSR count). The second kappa shape index (κ2) is 8.14. The van der Waals surface area contributed by atoms with Gasteiger partial charge < -0.3 is 29.5 Å². The number of aromatic nitrogens is 4. The Morgan fingerprint density at radius 1 is 1.23 bits per heavy atom. The number of aliphatic hydroxyl groups excluding tert-OH is 1. The van der Waals surface area contributed by atoms with Crippen LogP contribution in [0.4, 0.5) is 16.6 Å². The number of hydrogen-bond donors (Lipinski definition) is 2. The second-order valence-electron chi connectivity index (χ2n) is 9.73. The zero-order valence-corrected chi connectivity index (χ0v) is 19.0. The van der Waals surface area contributed by atoms with Crippen LogP contribution in [0, 0.1) is 0 Å². The highest BCUT2D eigenvalue weighted by Gasteiger charge is 2.30. The number of nitrogens with one attached hydrogen (secondary N) is 1. The summed E-state index contributed by atoms with van der Waals surface area (Å²) in [6.45, 7) is 12.2. The highest BCUT2D eigenvalue weighted by molar-refractivity contribution is 5.84. The van der Waals surface area contributed by atoms with Crippen molar-refractivity contribution in [2.45, 2.75) is 71.2 Å². The van der Waals surface area contributed by atoms with Gasteiger partial charge in [-0.1, -0.05) is 0 Å². The molecule has 1 amide bonds. The molecule has 2 aliphatic rings. The van der Waals surface area contributed by atoms with Crippen LogP contribution in [0.3, 0.4) is 0 Å². The van der Waals surface area contributed by atoms with Crippen LogP contribution >= 0.6 is 0 Å². The van der Waals surface area contributed by atoms with Crippen LogP contribution in [0.15, 0.2) is 6.33 Å². The van der Waals surface area contributed by atoms with Gasteiger partial charge in [-0.25, -0.2) is 9.78 Å². The Hall–Kier alpha value is -2.62. The standard InChI is InChI=1S/C21H33N7O3/c1-13(2)28-12-22-16-17(24-19(25-18(16)28)27-10-15(29)11-27)23-14-6-8-26(9-7-14)20(30)31-21(3,4)5/h12-15,29H,6-11H2,1-5H3,(H,23,24,25). The smallest absolute Gasteiger partial charge is 0.410 e. The topological polar surface area (TPSA) is 109 Å². The van der Waals surface area contributed by atoms with Crippen molar-refractivity contribution in [2.24, 2.45) is 0 Å². The summed E-state index contributed by atoms with van der Waals surface area (Å²) in [5.74, 6) is 1.31. The Kier molecular flexibility index (Phi) is 5.67. The van der Waals surface area contributed by atoms with Crippen molar-refractivity contribution < 1.29 is 14.6 Å². The molecule has 2 saturated heterocycles. The number of anilines is 2. The van der Waals surface area contributed by atoms with Gasteiger partial charge in [0.25, 0.3) is 0 Å².